The number of pyridine rings is 1. The number of ether oxygens (including phenoxy) is 2. The molecule has 0 saturated heterocycles. The smallest absolute Gasteiger partial charge is 0.310 e. The van der Waals surface area contributed by atoms with Gasteiger partial charge in [-0.15, -0.1) is 0 Å². The van der Waals surface area contributed by atoms with Crippen molar-refractivity contribution in [3.8, 4) is 5.88 Å². The third-order valence-corrected chi connectivity index (χ3v) is 2.47. The van der Waals surface area contributed by atoms with Crippen molar-refractivity contribution in [3.05, 3.63) is 22.9 Å². The van der Waals surface area contributed by atoms with Gasteiger partial charge in [-0.2, -0.15) is 0 Å². The van der Waals surface area contributed by atoms with E-state index in [0.717, 1.165) is 6.20 Å². The summed E-state index contributed by atoms with van der Waals surface area (Å²) in [5.74, 6) is -0.471. The van der Waals surface area contributed by atoms with Crippen LogP contribution in [-0.2, 0) is 22.5 Å². The second kappa shape index (κ2) is 6.25. The average Bonchev–Trinajstić information content (AvgIpc) is 2.37. The van der Waals surface area contributed by atoms with Gasteiger partial charge in [0.25, 0.3) is 6.43 Å². The molecule has 0 aliphatic rings. The van der Waals surface area contributed by atoms with Crippen LogP contribution < -0.4 is 10.5 Å². The number of halogens is 2. The van der Waals surface area contributed by atoms with Crippen molar-refractivity contribution in [2.75, 3.05) is 14.2 Å². The molecule has 7 heteroatoms. The molecule has 18 heavy (non-hydrogen) atoms. The lowest BCUT2D eigenvalue weighted by Gasteiger charge is -2.14. The quantitative estimate of drug-likeness (QED) is 0.805. The number of esters is 1. The Labute approximate surface area is 103 Å². The van der Waals surface area contributed by atoms with Gasteiger partial charge in [-0.1, -0.05) is 0 Å². The number of hydrogen-bond donors (Lipinski definition) is 1. The molecule has 0 bridgehead atoms. The van der Waals surface area contributed by atoms with Gasteiger partial charge in [-0.05, 0) is 5.56 Å². The molecule has 1 rings (SSSR count). The summed E-state index contributed by atoms with van der Waals surface area (Å²) in [7, 11) is 2.55. The van der Waals surface area contributed by atoms with Crippen LogP contribution >= 0.6 is 0 Å². The number of nitrogens with two attached hydrogens (primary N) is 1. The monoisotopic (exact) mass is 260 g/mol. The Morgan fingerprint density at radius 2 is 2.11 bits per heavy atom. The second-order valence-electron chi connectivity index (χ2n) is 3.44. The Hall–Kier alpha value is -1.76. The van der Waals surface area contributed by atoms with E-state index in [-0.39, 0.29) is 35.5 Å². The van der Waals surface area contributed by atoms with Crippen LogP contribution in [0.5, 0.6) is 5.88 Å². The Morgan fingerprint density at radius 1 is 1.44 bits per heavy atom. The highest BCUT2D eigenvalue weighted by molar-refractivity contribution is 5.74. The summed E-state index contributed by atoms with van der Waals surface area (Å²) >= 11 is 0. The van der Waals surface area contributed by atoms with Gasteiger partial charge < -0.3 is 15.2 Å². The fourth-order valence-electron chi connectivity index (χ4n) is 1.59. The van der Waals surface area contributed by atoms with Gasteiger partial charge >= 0.3 is 5.97 Å². The van der Waals surface area contributed by atoms with Crippen LogP contribution in [0.3, 0.4) is 0 Å². The minimum absolute atomic E-state index is 0.102. The molecule has 100 valence electrons. The van der Waals surface area contributed by atoms with E-state index in [1.165, 1.54) is 14.2 Å². The third kappa shape index (κ3) is 2.92. The summed E-state index contributed by atoms with van der Waals surface area (Å²) in [6.45, 7) is -0.134. The number of alkyl halides is 2. The third-order valence-electron chi connectivity index (χ3n) is 2.47. The van der Waals surface area contributed by atoms with Gasteiger partial charge in [0, 0.05) is 23.9 Å². The summed E-state index contributed by atoms with van der Waals surface area (Å²) in [4.78, 5) is 15.0. The van der Waals surface area contributed by atoms with Gasteiger partial charge in [0.2, 0.25) is 5.88 Å². The minimum atomic E-state index is -2.71. The molecule has 0 atom stereocenters. The molecule has 0 radical (unpaired) electrons. The van der Waals surface area contributed by atoms with Gasteiger partial charge in [-0.3, -0.25) is 4.79 Å². The van der Waals surface area contributed by atoms with Crippen molar-refractivity contribution in [2.45, 2.75) is 19.4 Å². The molecule has 0 unspecified atom stereocenters. The minimum Gasteiger partial charge on any atom is -0.481 e. The first kappa shape index (κ1) is 14.3. The fraction of sp³-hybridized carbons (Fsp3) is 0.455. The molecule has 0 spiro atoms. The van der Waals surface area contributed by atoms with E-state index < -0.39 is 12.4 Å². The number of carbonyl (C=O) groups excluding carboxylic acids is 1. The molecule has 0 amide bonds. The van der Waals surface area contributed by atoms with Crippen molar-refractivity contribution < 1.29 is 23.0 Å². The topological polar surface area (TPSA) is 74.4 Å². The van der Waals surface area contributed by atoms with Crippen molar-refractivity contribution in [1.82, 2.24) is 4.98 Å². The van der Waals surface area contributed by atoms with Crippen LogP contribution in [0.2, 0.25) is 0 Å². The lowest BCUT2D eigenvalue weighted by molar-refractivity contribution is -0.139. The maximum atomic E-state index is 12.8. The maximum absolute atomic E-state index is 12.8. The van der Waals surface area contributed by atoms with Crippen molar-refractivity contribution in [2.24, 2.45) is 5.73 Å². The van der Waals surface area contributed by atoms with E-state index in [4.69, 9.17) is 10.5 Å². The van der Waals surface area contributed by atoms with Crippen LogP contribution in [0.25, 0.3) is 0 Å². The normalized spacial score (nSPS) is 10.6. The Balaban J connectivity index is 3.32. The Kier molecular flexibility index (Phi) is 4.96. The fourth-order valence-corrected chi connectivity index (χ4v) is 1.59. The van der Waals surface area contributed by atoms with Crippen LogP contribution in [0.15, 0.2) is 6.20 Å². The number of carbonyl (C=O) groups is 1. The molecule has 1 aromatic heterocycles. The highest BCUT2D eigenvalue weighted by atomic mass is 19.3. The van der Waals surface area contributed by atoms with E-state index >= 15 is 0 Å². The molecule has 0 aliphatic carbocycles. The first-order valence-corrected chi connectivity index (χ1v) is 5.14. The van der Waals surface area contributed by atoms with E-state index in [0.29, 0.717) is 0 Å². The molecular formula is C11H14F2N2O3. The van der Waals surface area contributed by atoms with Crippen LogP contribution in [0, 0.1) is 0 Å². The summed E-state index contributed by atoms with van der Waals surface area (Å²) in [6, 6.07) is 0. The van der Waals surface area contributed by atoms with Gasteiger partial charge in [0.1, 0.15) is 0 Å². The highest BCUT2D eigenvalue weighted by Crippen LogP contribution is 2.29. The molecular weight excluding hydrogens is 246 g/mol. The predicted octanol–water partition coefficient (Wildman–Crippen LogP) is 1.20. The number of nitrogens with zero attached hydrogens (tertiary/aromatic N) is 1. The average molecular weight is 260 g/mol. The molecule has 0 aliphatic heterocycles. The van der Waals surface area contributed by atoms with E-state index in [1.54, 1.807) is 0 Å². The predicted molar refractivity (Wildman–Crippen MR) is 59.4 cm³/mol. The lowest BCUT2D eigenvalue weighted by atomic mass is 10.0. The van der Waals surface area contributed by atoms with Crippen LogP contribution in [0.1, 0.15) is 23.1 Å². The molecule has 2 N–H and O–H groups in total. The molecule has 0 saturated carbocycles. The van der Waals surface area contributed by atoms with Crippen molar-refractivity contribution in [3.63, 3.8) is 0 Å². The summed E-state index contributed by atoms with van der Waals surface area (Å²) < 4.78 is 35.0. The number of aromatic nitrogens is 1. The number of hydrogen-bond acceptors (Lipinski definition) is 5. The summed E-state index contributed by atoms with van der Waals surface area (Å²) in [5, 5.41) is 0. The van der Waals surface area contributed by atoms with E-state index in [9.17, 15) is 13.6 Å². The number of rotatable bonds is 5. The van der Waals surface area contributed by atoms with Crippen molar-refractivity contribution >= 4 is 5.97 Å². The second-order valence-corrected chi connectivity index (χ2v) is 3.44. The first-order chi connectivity index (χ1) is 8.54. The lowest BCUT2D eigenvalue weighted by Crippen LogP contribution is -2.14. The Bertz CT molecular complexity index is 439. The maximum Gasteiger partial charge on any atom is 0.310 e. The molecule has 1 aromatic rings. The molecule has 1 heterocycles. The SMILES string of the molecule is COC(=O)Cc1c(OC)ncc(C(F)F)c1CN. The zero-order valence-corrected chi connectivity index (χ0v) is 10.1. The van der Waals surface area contributed by atoms with Crippen LogP contribution in [-0.4, -0.2) is 25.2 Å². The molecule has 0 fully saturated rings. The van der Waals surface area contributed by atoms with Gasteiger partial charge in [0.05, 0.1) is 20.6 Å². The highest BCUT2D eigenvalue weighted by Gasteiger charge is 2.21. The largest absolute Gasteiger partial charge is 0.481 e. The summed E-state index contributed by atoms with van der Waals surface area (Å²) in [6.07, 6.45) is -1.91. The van der Waals surface area contributed by atoms with Crippen LogP contribution in [0.4, 0.5) is 8.78 Å². The Morgan fingerprint density at radius 3 is 2.56 bits per heavy atom. The summed E-state index contributed by atoms with van der Waals surface area (Å²) in [5.41, 5.74) is 5.58. The first-order valence-electron chi connectivity index (χ1n) is 5.14. The van der Waals surface area contributed by atoms with Crippen molar-refractivity contribution in [1.29, 1.82) is 0 Å². The number of methoxy groups -OCH3 is 2. The van der Waals surface area contributed by atoms with E-state index in [1.807, 2.05) is 0 Å². The zero-order valence-electron chi connectivity index (χ0n) is 10.1. The van der Waals surface area contributed by atoms with E-state index in [2.05, 4.69) is 9.72 Å². The van der Waals surface area contributed by atoms with Gasteiger partial charge in [-0.25, -0.2) is 13.8 Å². The van der Waals surface area contributed by atoms with Gasteiger partial charge in [0.15, 0.2) is 0 Å². The standard InChI is InChI=1S/C11H14F2N2O3/c1-17-9(16)3-6-7(4-14)8(10(12)13)5-15-11(6)18-2/h5,10H,3-4,14H2,1-2H3. The molecule has 5 nitrogen and oxygen atoms in total. The zero-order chi connectivity index (χ0) is 13.7. The molecule has 0 aromatic carbocycles.